The maximum Gasteiger partial charge on any atom is 0.243 e. The van der Waals surface area contributed by atoms with Gasteiger partial charge in [-0.15, -0.1) is 22.6 Å². The minimum atomic E-state index is -0.541. The fourth-order valence-corrected chi connectivity index (χ4v) is 2.24. The fourth-order valence-electron chi connectivity index (χ4n) is 1.59. The van der Waals surface area contributed by atoms with Crippen molar-refractivity contribution in [2.45, 2.75) is 26.3 Å². The van der Waals surface area contributed by atoms with E-state index in [1.54, 1.807) is 18.4 Å². The monoisotopic (exact) mass is 342 g/mol. The normalized spacial score (nSPS) is 13.6. The van der Waals surface area contributed by atoms with E-state index in [1.807, 2.05) is 26.0 Å². The van der Waals surface area contributed by atoms with Gasteiger partial charge < -0.3 is 10.2 Å². The molecule has 1 amide bonds. The van der Waals surface area contributed by atoms with Crippen molar-refractivity contribution in [3.8, 4) is 0 Å². The summed E-state index contributed by atoms with van der Waals surface area (Å²) in [4.78, 5) is 11.9. The molecule has 2 aromatic heterocycles. The molecule has 0 aliphatic heterocycles. The van der Waals surface area contributed by atoms with Crippen molar-refractivity contribution in [2.75, 3.05) is 5.32 Å². The molecule has 6 nitrogen and oxygen atoms in total. The number of halogens is 1. The Balaban J connectivity index is 0.00000242. The number of amides is 1. The Hall–Kier alpha value is -1.70. The van der Waals surface area contributed by atoms with Gasteiger partial charge in [0, 0.05) is 0 Å². The van der Waals surface area contributed by atoms with Gasteiger partial charge in [0.25, 0.3) is 0 Å². The van der Waals surface area contributed by atoms with Crippen LogP contribution in [0.2, 0.25) is 0 Å². The summed E-state index contributed by atoms with van der Waals surface area (Å²) < 4.78 is 5.18. The topological polar surface area (TPSA) is 94.0 Å². The molecule has 0 aromatic carbocycles. The average molecular weight is 343 g/mol. The summed E-state index contributed by atoms with van der Waals surface area (Å²) in [6.45, 7) is 3.95. The number of anilines is 1. The number of nitrogens with two attached hydrogens (primary N) is 1. The van der Waals surface area contributed by atoms with E-state index in [4.69, 9.17) is 10.2 Å². The van der Waals surface area contributed by atoms with Gasteiger partial charge in [-0.2, -0.15) is 0 Å². The zero-order chi connectivity index (χ0) is 15.2. The molecule has 0 spiro atoms. The quantitative estimate of drug-likeness (QED) is 0.841. The SMILES string of the molecule is CCC(C)C(N)C(=O)Nc1nnc(/C=C/c2ccco2)s1.Cl. The van der Waals surface area contributed by atoms with E-state index in [-0.39, 0.29) is 24.2 Å². The number of hydrogen-bond acceptors (Lipinski definition) is 6. The number of aromatic nitrogens is 2. The first-order valence-corrected chi connectivity index (χ1v) is 7.53. The van der Waals surface area contributed by atoms with Gasteiger partial charge in [0.05, 0.1) is 12.3 Å². The highest BCUT2D eigenvalue weighted by molar-refractivity contribution is 7.16. The van der Waals surface area contributed by atoms with Gasteiger partial charge >= 0.3 is 0 Å². The van der Waals surface area contributed by atoms with Gasteiger partial charge in [0.2, 0.25) is 11.0 Å². The van der Waals surface area contributed by atoms with Crippen LogP contribution in [0.1, 0.15) is 31.0 Å². The van der Waals surface area contributed by atoms with Crippen molar-refractivity contribution < 1.29 is 9.21 Å². The first kappa shape index (κ1) is 18.3. The third-order valence-corrected chi connectivity index (χ3v) is 3.97. The first-order chi connectivity index (χ1) is 10.1. The summed E-state index contributed by atoms with van der Waals surface area (Å²) in [5.41, 5.74) is 5.87. The molecule has 2 unspecified atom stereocenters. The van der Waals surface area contributed by atoms with E-state index in [0.717, 1.165) is 12.2 Å². The highest BCUT2D eigenvalue weighted by Crippen LogP contribution is 2.18. The standard InChI is InChI=1S/C14H18N4O2S.ClH/c1-3-9(2)12(15)13(19)16-14-18-17-11(21-14)7-6-10-5-4-8-20-10;/h4-9,12H,3,15H2,1-2H3,(H,16,18,19);1H/b7-6+;. The second-order valence-corrected chi connectivity index (χ2v) is 5.70. The predicted octanol–water partition coefficient (Wildman–Crippen LogP) is 3.04. The second-order valence-electron chi connectivity index (χ2n) is 4.69. The number of hydrogen-bond donors (Lipinski definition) is 2. The van der Waals surface area contributed by atoms with Crippen molar-refractivity contribution >= 4 is 46.9 Å². The molecular formula is C14H19ClN4O2S. The van der Waals surface area contributed by atoms with Gasteiger partial charge in [0.15, 0.2) is 0 Å². The largest absolute Gasteiger partial charge is 0.465 e. The van der Waals surface area contributed by atoms with Crippen LogP contribution in [0, 0.1) is 5.92 Å². The van der Waals surface area contributed by atoms with Crippen molar-refractivity contribution in [1.29, 1.82) is 0 Å². The maximum atomic E-state index is 11.9. The van der Waals surface area contributed by atoms with Crippen LogP contribution >= 0.6 is 23.7 Å². The predicted molar refractivity (Wildman–Crippen MR) is 90.9 cm³/mol. The van der Waals surface area contributed by atoms with E-state index < -0.39 is 6.04 Å². The van der Waals surface area contributed by atoms with Gasteiger partial charge in [-0.3, -0.25) is 10.1 Å². The van der Waals surface area contributed by atoms with E-state index in [0.29, 0.717) is 10.1 Å². The van der Waals surface area contributed by atoms with Crippen LogP contribution in [0.4, 0.5) is 5.13 Å². The van der Waals surface area contributed by atoms with Gasteiger partial charge in [-0.25, -0.2) is 0 Å². The van der Waals surface area contributed by atoms with Crippen LogP contribution in [0.3, 0.4) is 0 Å². The summed E-state index contributed by atoms with van der Waals surface area (Å²) in [6.07, 6.45) is 6.02. The van der Waals surface area contributed by atoms with Crippen LogP contribution in [-0.2, 0) is 4.79 Å². The summed E-state index contributed by atoms with van der Waals surface area (Å²) in [5, 5.41) is 11.7. The Morgan fingerprint density at radius 2 is 2.27 bits per heavy atom. The lowest BCUT2D eigenvalue weighted by Gasteiger charge is -2.16. The highest BCUT2D eigenvalue weighted by atomic mass is 35.5. The Bertz CT molecular complexity index is 612. The van der Waals surface area contributed by atoms with Crippen LogP contribution in [0.15, 0.2) is 22.8 Å². The third-order valence-electron chi connectivity index (χ3n) is 3.16. The van der Waals surface area contributed by atoms with E-state index in [1.165, 1.54) is 11.3 Å². The molecule has 120 valence electrons. The molecule has 0 bridgehead atoms. The Kier molecular flexibility index (Phi) is 7.23. The van der Waals surface area contributed by atoms with Crippen LogP contribution < -0.4 is 11.1 Å². The van der Waals surface area contributed by atoms with Crippen molar-refractivity contribution in [2.24, 2.45) is 11.7 Å². The molecule has 3 N–H and O–H groups in total. The Labute approximate surface area is 139 Å². The molecule has 2 atom stereocenters. The minimum absolute atomic E-state index is 0. The van der Waals surface area contributed by atoms with Gasteiger partial charge in [0.1, 0.15) is 10.8 Å². The van der Waals surface area contributed by atoms with Gasteiger partial charge in [-0.1, -0.05) is 31.6 Å². The molecule has 22 heavy (non-hydrogen) atoms. The van der Waals surface area contributed by atoms with E-state index in [9.17, 15) is 4.79 Å². The molecule has 8 heteroatoms. The average Bonchev–Trinajstić information content (AvgIpc) is 3.14. The van der Waals surface area contributed by atoms with Crippen molar-refractivity contribution in [1.82, 2.24) is 10.2 Å². The smallest absolute Gasteiger partial charge is 0.243 e. The molecule has 0 aliphatic rings. The number of furan rings is 1. The van der Waals surface area contributed by atoms with E-state index >= 15 is 0 Å². The molecule has 2 aromatic rings. The molecule has 0 aliphatic carbocycles. The molecule has 0 saturated carbocycles. The zero-order valence-electron chi connectivity index (χ0n) is 12.4. The lowest BCUT2D eigenvalue weighted by Crippen LogP contribution is -2.40. The minimum Gasteiger partial charge on any atom is -0.465 e. The fraction of sp³-hybridized carbons (Fsp3) is 0.357. The maximum absolute atomic E-state index is 11.9. The third kappa shape index (κ3) is 4.94. The van der Waals surface area contributed by atoms with Gasteiger partial charge in [-0.05, 0) is 30.2 Å². The molecule has 0 saturated heterocycles. The summed E-state index contributed by atoms with van der Waals surface area (Å²) in [5.74, 6) is 0.618. The van der Waals surface area contributed by atoms with Crippen LogP contribution in [-0.4, -0.2) is 22.1 Å². The van der Waals surface area contributed by atoms with Crippen molar-refractivity contribution in [3.05, 3.63) is 29.2 Å². The number of rotatable bonds is 6. The molecular weight excluding hydrogens is 324 g/mol. The number of nitrogens with zero attached hydrogens (tertiary/aromatic N) is 2. The lowest BCUT2D eigenvalue weighted by atomic mass is 10.00. The lowest BCUT2D eigenvalue weighted by molar-refractivity contribution is -0.118. The molecule has 0 radical (unpaired) electrons. The highest BCUT2D eigenvalue weighted by Gasteiger charge is 2.20. The Morgan fingerprint density at radius 1 is 1.50 bits per heavy atom. The molecule has 0 fully saturated rings. The number of carbonyl (C=O) groups excluding carboxylic acids is 1. The zero-order valence-corrected chi connectivity index (χ0v) is 14.0. The van der Waals surface area contributed by atoms with E-state index in [2.05, 4.69) is 15.5 Å². The summed E-state index contributed by atoms with van der Waals surface area (Å²) >= 11 is 1.28. The Morgan fingerprint density at radius 3 is 2.91 bits per heavy atom. The number of nitrogens with one attached hydrogen (secondary N) is 1. The molecule has 2 heterocycles. The molecule has 2 rings (SSSR count). The number of carbonyl (C=O) groups is 1. The summed E-state index contributed by atoms with van der Waals surface area (Å²) in [6, 6.07) is 3.11. The van der Waals surface area contributed by atoms with Crippen LogP contribution in [0.5, 0.6) is 0 Å². The van der Waals surface area contributed by atoms with Crippen LogP contribution in [0.25, 0.3) is 12.2 Å². The van der Waals surface area contributed by atoms with Crippen molar-refractivity contribution in [3.63, 3.8) is 0 Å². The first-order valence-electron chi connectivity index (χ1n) is 6.71. The second kappa shape index (κ2) is 8.67. The summed E-state index contributed by atoms with van der Waals surface area (Å²) in [7, 11) is 0.